The van der Waals surface area contributed by atoms with Gasteiger partial charge in [0.05, 0.1) is 25.4 Å². The van der Waals surface area contributed by atoms with Gasteiger partial charge in [0.2, 0.25) is 0 Å². The SMILES string of the molecule is CCCCCCC(C)OCc1ccc(C(N)=S)c(OC)c1. The minimum Gasteiger partial charge on any atom is -0.496 e. The average molecular weight is 309 g/mol. The van der Waals surface area contributed by atoms with E-state index in [0.29, 0.717) is 17.3 Å². The van der Waals surface area contributed by atoms with E-state index >= 15 is 0 Å². The van der Waals surface area contributed by atoms with E-state index in [1.807, 2.05) is 18.2 Å². The minimum atomic E-state index is 0.281. The van der Waals surface area contributed by atoms with Gasteiger partial charge in [0, 0.05) is 0 Å². The summed E-state index contributed by atoms with van der Waals surface area (Å²) in [5, 5.41) is 0. The van der Waals surface area contributed by atoms with E-state index in [2.05, 4.69) is 13.8 Å². The third kappa shape index (κ3) is 6.44. The Morgan fingerprint density at radius 1 is 1.29 bits per heavy atom. The summed E-state index contributed by atoms with van der Waals surface area (Å²) in [7, 11) is 1.62. The number of hydrogen-bond acceptors (Lipinski definition) is 3. The molecule has 21 heavy (non-hydrogen) atoms. The highest BCUT2D eigenvalue weighted by Gasteiger charge is 2.08. The summed E-state index contributed by atoms with van der Waals surface area (Å²) >= 11 is 5.00. The molecule has 1 rings (SSSR count). The smallest absolute Gasteiger partial charge is 0.129 e. The minimum absolute atomic E-state index is 0.281. The van der Waals surface area contributed by atoms with E-state index in [1.54, 1.807) is 7.11 Å². The molecule has 4 heteroatoms. The Morgan fingerprint density at radius 2 is 2.05 bits per heavy atom. The maximum absolute atomic E-state index is 5.89. The van der Waals surface area contributed by atoms with E-state index in [0.717, 1.165) is 17.5 Å². The first-order valence-electron chi connectivity index (χ1n) is 7.66. The van der Waals surface area contributed by atoms with Gasteiger partial charge in [0.25, 0.3) is 0 Å². The van der Waals surface area contributed by atoms with Gasteiger partial charge in [0.1, 0.15) is 10.7 Å². The lowest BCUT2D eigenvalue weighted by Gasteiger charge is -2.14. The second-order valence-electron chi connectivity index (χ2n) is 5.37. The third-order valence-electron chi connectivity index (χ3n) is 3.53. The predicted molar refractivity (Wildman–Crippen MR) is 91.9 cm³/mol. The molecule has 2 N–H and O–H groups in total. The molecule has 0 fully saturated rings. The first kappa shape index (κ1) is 17.9. The molecule has 118 valence electrons. The molecule has 0 heterocycles. The van der Waals surface area contributed by atoms with Crippen molar-refractivity contribution in [2.24, 2.45) is 5.73 Å². The monoisotopic (exact) mass is 309 g/mol. The Labute approximate surface area is 133 Å². The molecular weight excluding hydrogens is 282 g/mol. The highest BCUT2D eigenvalue weighted by atomic mass is 32.1. The highest BCUT2D eigenvalue weighted by molar-refractivity contribution is 7.80. The van der Waals surface area contributed by atoms with E-state index in [4.69, 9.17) is 27.4 Å². The summed E-state index contributed by atoms with van der Waals surface area (Å²) in [5.41, 5.74) is 7.51. The van der Waals surface area contributed by atoms with Gasteiger partial charge in [-0.3, -0.25) is 0 Å². The Morgan fingerprint density at radius 3 is 2.67 bits per heavy atom. The normalized spacial score (nSPS) is 12.1. The summed E-state index contributed by atoms with van der Waals surface area (Å²) in [6.07, 6.45) is 6.50. The Bertz CT molecular complexity index is 448. The van der Waals surface area contributed by atoms with E-state index in [9.17, 15) is 0 Å². The summed E-state index contributed by atoms with van der Waals surface area (Å²) in [5.74, 6) is 0.708. The molecule has 1 unspecified atom stereocenters. The van der Waals surface area contributed by atoms with Crippen LogP contribution in [-0.4, -0.2) is 18.2 Å². The Hall–Kier alpha value is -1.13. The van der Waals surface area contributed by atoms with Crippen LogP contribution in [0.25, 0.3) is 0 Å². The molecule has 0 aliphatic carbocycles. The lowest BCUT2D eigenvalue weighted by molar-refractivity contribution is 0.0458. The van der Waals surface area contributed by atoms with Crippen molar-refractivity contribution in [3.63, 3.8) is 0 Å². The van der Waals surface area contributed by atoms with Crippen LogP contribution in [0, 0.1) is 0 Å². The van der Waals surface area contributed by atoms with E-state index in [1.165, 1.54) is 25.7 Å². The number of rotatable bonds is 10. The molecule has 3 nitrogen and oxygen atoms in total. The zero-order valence-corrected chi connectivity index (χ0v) is 14.2. The Balaban J connectivity index is 2.46. The van der Waals surface area contributed by atoms with Crippen LogP contribution in [0.2, 0.25) is 0 Å². The van der Waals surface area contributed by atoms with Crippen LogP contribution in [-0.2, 0) is 11.3 Å². The number of methoxy groups -OCH3 is 1. The van der Waals surface area contributed by atoms with Crippen LogP contribution in [0.4, 0.5) is 0 Å². The maximum Gasteiger partial charge on any atom is 0.129 e. The fraction of sp³-hybridized carbons (Fsp3) is 0.588. The fourth-order valence-electron chi connectivity index (χ4n) is 2.21. The number of unbranched alkanes of at least 4 members (excludes halogenated alkanes) is 3. The average Bonchev–Trinajstić information content (AvgIpc) is 2.49. The Kier molecular flexibility index (Phi) is 8.31. The standard InChI is InChI=1S/C17H27NO2S/c1-4-5-6-7-8-13(2)20-12-14-9-10-15(17(18)21)16(11-14)19-3/h9-11,13H,4-8,12H2,1-3H3,(H2,18,21). The second-order valence-corrected chi connectivity index (χ2v) is 5.81. The van der Waals surface area contributed by atoms with Crippen LogP contribution >= 0.6 is 12.2 Å². The zero-order valence-electron chi connectivity index (χ0n) is 13.4. The van der Waals surface area contributed by atoms with Gasteiger partial charge in [-0.15, -0.1) is 0 Å². The van der Waals surface area contributed by atoms with Crippen molar-refractivity contribution in [3.05, 3.63) is 29.3 Å². The second kappa shape index (κ2) is 9.74. The van der Waals surface area contributed by atoms with Crippen molar-refractivity contribution in [1.82, 2.24) is 0 Å². The lowest BCUT2D eigenvalue weighted by Crippen LogP contribution is -2.12. The van der Waals surface area contributed by atoms with E-state index in [-0.39, 0.29) is 6.10 Å². The van der Waals surface area contributed by atoms with Crippen LogP contribution in [0.3, 0.4) is 0 Å². The molecule has 0 bridgehead atoms. The van der Waals surface area contributed by atoms with Crippen molar-refractivity contribution >= 4 is 17.2 Å². The molecule has 0 aromatic heterocycles. The molecule has 0 aliphatic rings. The maximum atomic E-state index is 5.89. The van der Waals surface area contributed by atoms with Gasteiger partial charge in [-0.1, -0.05) is 50.9 Å². The largest absolute Gasteiger partial charge is 0.496 e. The number of thiocarbonyl (C=S) groups is 1. The van der Waals surface area contributed by atoms with Crippen molar-refractivity contribution in [1.29, 1.82) is 0 Å². The number of ether oxygens (including phenoxy) is 2. The van der Waals surface area contributed by atoms with E-state index < -0.39 is 0 Å². The summed E-state index contributed by atoms with van der Waals surface area (Å²) in [6, 6.07) is 5.82. The topological polar surface area (TPSA) is 44.5 Å². The molecule has 1 aromatic rings. The fourth-order valence-corrected chi connectivity index (χ4v) is 2.38. The predicted octanol–water partition coefficient (Wildman–Crippen LogP) is 4.20. The summed E-state index contributed by atoms with van der Waals surface area (Å²) in [4.78, 5) is 0.351. The highest BCUT2D eigenvalue weighted by Crippen LogP contribution is 2.21. The van der Waals surface area contributed by atoms with Gasteiger partial charge in [-0.2, -0.15) is 0 Å². The molecule has 0 amide bonds. The molecule has 0 radical (unpaired) electrons. The van der Waals surface area contributed by atoms with Gasteiger partial charge in [-0.25, -0.2) is 0 Å². The number of nitrogens with two attached hydrogens (primary N) is 1. The van der Waals surface area contributed by atoms with Crippen molar-refractivity contribution in [2.45, 2.75) is 58.7 Å². The van der Waals surface area contributed by atoms with Gasteiger partial charge in [-0.05, 0) is 31.0 Å². The zero-order chi connectivity index (χ0) is 15.7. The number of hydrogen-bond donors (Lipinski definition) is 1. The van der Waals surface area contributed by atoms with Crippen LogP contribution < -0.4 is 10.5 Å². The van der Waals surface area contributed by atoms with Crippen LogP contribution in [0.5, 0.6) is 5.75 Å². The van der Waals surface area contributed by atoms with Gasteiger partial charge >= 0.3 is 0 Å². The molecule has 0 saturated carbocycles. The van der Waals surface area contributed by atoms with Crippen LogP contribution in [0.15, 0.2) is 18.2 Å². The van der Waals surface area contributed by atoms with Gasteiger partial charge < -0.3 is 15.2 Å². The number of benzene rings is 1. The van der Waals surface area contributed by atoms with Crippen molar-refractivity contribution in [2.75, 3.05) is 7.11 Å². The van der Waals surface area contributed by atoms with Crippen LogP contribution in [0.1, 0.15) is 57.1 Å². The first-order valence-corrected chi connectivity index (χ1v) is 8.07. The molecule has 0 spiro atoms. The molecule has 1 aromatic carbocycles. The summed E-state index contributed by atoms with van der Waals surface area (Å²) in [6.45, 7) is 4.94. The lowest BCUT2D eigenvalue weighted by atomic mass is 10.1. The molecule has 0 aliphatic heterocycles. The van der Waals surface area contributed by atoms with Crippen molar-refractivity contribution in [3.8, 4) is 5.75 Å². The quantitative estimate of drug-likeness (QED) is 0.519. The molecular formula is C17H27NO2S. The summed E-state index contributed by atoms with van der Waals surface area (Å²) < 4.78 is 11.2. The third-order valence-corrected chi connectivity index (χ3v) is 3.75. The molecule has 0 saturated heterocycles. The van der Waals surface area contributed by atoms with Gasteiger partial charge in [0.15, 0.2) is 0 Å². The first-order chi connectivity index (χ1) is 10.1. The molecule has 1 atom stereocenters. The van der Waals surface area contributed by atoms with Crippen molar-refractivity contribution < 1.29 is 9.47 Å².